The number of hydrazine groups is 1. The SMILES string of the molecule is O=C(O)C/C(=C/NOCc1c(Cl)cccc1Cl)NC(=O)C1CCCN2C(=O)CCC(NC(=O)c3ccccc3)C(=O)N12. The molecule has 14 heteroatoms. The van der Waals surface area contributed by atoms with Crippen LogP contribution < -0.4 is 16.1 Å². The van der Waals surface area contributed by atoms with E-state index >= 15 is 0 Å². The second-order valence-electron chi connectivity index (χ2n) is 9.62. The third-order valence-electron chi connectivity index (χ3n) is 6.73. The normalized spacial score (nSPS) is 19.0. The molecule has 2 aromatic carbocycles. The topological polar surface area (TPSA) is 157 Å². The van der Waals surface area contributed by atoms with Crippen molar-refractivity contribution in [1.29, 1.82) is 0 Å². The van der Waals surface area contributed by atoms with Gasteiger partial charge in [0.1, 0.15) is 18.7 Å². The number of carbonyl (C=O) groups excluding carboxylic acids is 4. The van der Waals surface area contributed by atoms with Crippen LogP contribution in [0.2, 0.25) is 10.0 Å². The number of carboxylic acids is 1. The van der Waals surface area contributed by atoms with Gasteiger partial charge in [0.05, 0.1) is 6.42 Å². The number of hydrogen-bond acceptors (Lipinski definition) is 7. The van der Waals surface area contributed by atoms with Gasteiger partial charge in [-0.3, -0.25) is 39.3 Å². The van der Waals surface area contributed by atoms with E-state index in [1.165, 1.54) is 5.01 Å². The van der Waals surface area contributed by atoms with E-state index < -0.39 is 42.2 Å². The minimum Gasteiger partial charge on any atom is -0.481 e. The van der Waals surface area contributed by atoms with Crippen molar-refractivity contribution in [2.24, 2.45) is 0 Å². The summed E-state index contributed by atoms with van der Waals surface area (Å²) in [4.78, 5) is 69.6. The second kappa shape index (κ2) is 14.2. The maximum absolute atomic E-state index is 13.6. The molecule has 2 heterocycles. The number of carboxylic acid groups (broad SMARTS) is 1. The molecule has 0 aliphatic carbocycles. The van der Waals surface area contributed by atoms with Crippen LogP contribution in [0.3, 0.4) is 0 Å². The van der Waals surface area contributed by atoms with Crippen LogP contribution in [-0.2, 0) is 30.6 Å². The lowest BCUT2D eigenvalue weighted by Crippen LogP contribution is -2.63. The summed E-state index contributed by atoms with van der Waals surface area (Å²) in [6.45, 7) is 0.174. The molecule has 2 saturated heterocycles. The van der Waals surface area contributed by atoms with Gasteiger partial charge in [-0.1, -0.05) is 47.5 Å². The Bertz CT molecular complexity index is 1370. The summed E-state index contributed by atoms with van der Waals surface area (Å²) >= 11 is 12.3. The van der Waals surface area contributed by atoms with E-state index in [2.05, 4.69) is 16.1 Å². The van der Waals surface area contributed by atoms with Gasteiger partial charge in [-0.15, -0.1) is 0 Å². The van der Waals surface area contributed by atoms with E-state index in [-0.39, 0.29) is 44.0 Å². The van der Waals surface area contributed by atoms with E-state index in [1.807, 2.05) is 0 Å². The number of carbonyl (C=O) groups is 5. The molecule has 0 saturated carbocycles. The molecule has 12 nitrogen and oxygen atoms in total. The first-order valence-corrected chi connectivity index (χ1v) is 13.9. The Hall–Kier alpha value is -4.13. The fourth-order valence-electron chi connectivity index (χ4n) is 4.67. The van der Waals surface area contributed by atoms with Crippen LogP contribution in [-0.4, -0.2) is 63.4 Å². The number of hydroxylamine groups is 1. The number of amides is 4. The van der Waals surface area contributed by atoms with Gasteiger partial charge in [0.2, 0.25) is 11.8 Å². The van der Waals surface area contributed by atoms with Gasteiger partial charge in [-0.25, -0.2) is 5.01 Å². The highest BCUT2D eigenvalue weighted by atomic mass is 35.5. The van der Waals surface area contributed by atoms with Gasteiger partial charge < -0.3 is 15.7 Å². The van der Waals surface area contributed by atoms with Gasteiger partial charge in [-0.05, 0) is 43.5 Å². The molecule has 2 unspecified atom stereocenters. The monoisotopic (exact) mass is 617 g/mol. The largest absolute Gasteiger partial charge is 0.481 e. The average Bonchev–Trinajstić information content (AvgIpc) is 3.08. The van der Waals surface area contributed by atoms with Crippen LogP contribution in [0, 0.1) is 0 Å². The van der Waals surface area contributed by atoms with Gasteiger partial charge in [0.25, 0.3) is 11.8 Å². The summed E-state index contributed by atoms with van der Waals surface area (Å²) in [5.74, 6) is -3.37. The maximum atomic E-state index is 13.6. The number of aliphatic carboxylic acids is 1. The first-order chi connectivity index (χ1) is 20.2. The number of nitrogens with one attached hydrogen (secondary N) is 3. The summed E-state index contributed by atoms with van der Waals surface area (Å²) in [6.07, 6.45) is 1.31. The van der Waals surface area contributed by atoms with Gasteiger partial charge in [0, 0.05) is 46.0 Å². The van der Waals surface area contributed by atoms with Crippen LogP contribution in [0.15, 0.2) is 60.4 Å². The van der Waals surface area contributed by atoms with Crippen molar-refractivity contribution >= 4 is 52.8 Å². The number of nitrogens with zero attached hydrogens (tertiary/aromatic N) is 2. The van der Waals surface area contributed by atoms with Gasteiger partial charge in [0.15, 0.2) is 0 Å². The first kappa shape index (κ1) is 30.8. The predicted molar refractivity (Wildman–Crippen MR) is 151 cm³/mol. The van der Waals surface area contributed by atoms with Crippen LogP contribution in [0.5, 0.6) is 0 Å². The van der Waals surface area contributed by atoms with Crippen molar-refractivity contribution in [3.8, 4) is 0 Å². The van der Waals surface area contributed by atoms with E-state index in [1.54, 1.807) is 48.5 Å². The standard InChI is InChI=1S/C28H29Cl2N5O7/c29-20-8-4-9-21(30)19(20)16-42-31-15-18(14-25(37)38)32-27(40)23-10-5-13-34-24(36)12-11-22(28(41)35(23)34)33-26(39)17-6-2-1-3-7-17/h1-4,6-9,15,22-23,31H,5,10-14,16H2,(H,32,40)(H,33,39)(H,37,38)/b18-15-. The molecule has 2 aromatic rings. The summed E-state index contributed by atoms with van der Waals surface area (Å²) < 4.78 is 0. The first-order valence-electron chi connectivity index (χ1n) is 13.2. The second-order valence-corrected chi connectivity index (χ2v) is 10.4. The summed E-state index contributed by atoms with van der Waals surface area (Å²) in [5, 5.41) is 17.7. The minimum atomic E-state index is -1.23. The van der Waals surface area contributed by atoms with Crippen molar-refractivity contribution in [1.82, 2.24) is 26.1 Å². The molecule has 4 amide bonds. The lowest BCUT2D eigenvalue weighted by atomic mass is 10.1. The lowest BCUT2D eigenvalue weighted by molar-refractivity contribution is -0.175. The molecule has 0 bridgehead atoms. The van der Waals surface area contributed by atoms with Crippen LogP contribution >= 0.6 is 23.2 Å². The Morgan fingerprint density at radius 3 is 2.43 bits per heavy atom. The molecule has 0 radical (unpaired) electrons. The van der Waals surface area contributed by atoms with E-state index in [4.69, 9.17) is 28.0 Å². The molecule has 2 fully saturated rings. The summed E-state index contributed by atoms with van der Waals surface area (Å²) in [5.41, 5.74) is 3.27. The third kappa shape index (κ3) is 7.58. The Balaban J connectivity index is 1.47. The Labute approximate surface area is 251 Å². The van der Waals surface area contributed by atoms with E-state index in [0.717, 1.165) is 11.2 Å². The van der Waals surface area contributed by atoms with Crippen LogP contribution in [0.1, 0.15) is 48.0 Å². The highest BCUT2D eigenvalue weighted by molar-refractivity contribution is 6.35. The highest BCUT2D eigenvalue weighted by Gasteiger charge is 2.44. The van der Waals surface area contributed by atoms with Crippen LogP contribution in [0.4, 0.5) is 0 Å². The number of benzene rings is 2. The predicted octanol–water partition coefficient (Wildman–Crippen LogP) is 2.77. The molecule has 2 aliphatic heterocycles. The fourth-order valence-corrected chi connectivity index (χ4v) is 5.18. The third-order valence-corrected chi connectivity index (χ3v) is 7.43. The fraction of sp³-hybridized carbons (Fsp3) is 0.321. The van der Waals surface area contributed by atoms with Gasteiger partial charge >= 0.3 is 5.97 Å². The highest BCUT2D eigenvalue weighted by Crippen LogP contribution is 2.26. The van der Waals surface area contributed by atoms with Crippen molar-refractivity contribution in [3.05, 3.63) is 81.6 Å². The Morgan fingerprint density at radius 2 is 1.74 bits per heavy atom. The van der Waals surface area contributed by atoms with Gasteiger partial charge in [-0.2, -0.15) is 0 Å². The molecule has 42 heavy (non-hydrogen) atoms. The lowest BCUT2D eigenvalue weighted by Gasteiger charge is -2.43. The molecule has 2 aliphatic rings. The summed E-state index contributed by atoms with van der Waals surface area (Å²) in [6, 6.07) is 11.1. The molecule has 222 valence electrons. The van der Waals surface area contributed by atoms with Crippen molar-refractivity contribution in [2.45, 2.75) is 50.8 Å². The Kier molecular flexibility index (Phi) is 10.4. The zero-order chi connectivity index (χ0) is 30.2. The Morgan fingerprint density at radius 1 is 1.02 bits per heavy atom. The number of rotatable bonds is 10. The zero-order valence-corrected chi connectivity index (χ0v) is 23.9. The molecule has 0 spiro atoms. The smallest absolute Gasteiger partial charge is 0.309 e. The zero-order valence-electron chi connectivity index (χ0n) is 22.3. The quantitative estimate of drug-likeness (QED) is 0.234. The van der Waals surface area contributed by atoms with Crippen molar-refractivity contribution < 1.29 is 33.9 Å². The van der Waals surface area contributed by atoms with Crippen molar-refractivity contribution in [2.75, 3.05) is 6.54 Å². The van der Waals surface area contributed by atoms with Crippen LogP contribution in [0.25, 0.3) is 0 Å². The number of halogens is 2. The molecular formula is C28H29Cl2N5O7. The molecule has 4 N–H and O–H groups in total. The summed E-state index contributed by atoms with van der Waals surface area (Å²) in [7, 11) is 0. The molecular weight excluding hydrogens is 589 g/mol. The van der Waals surface area contributed by atoms with E-state index in [0.29, 0.717) is 27.6 Å². The molecule has 0 aromatic heterocycles. The molecule has 2 atom stereocenters. The van der Waals surface area contributed by atoms with Crippen molar-refractivity contribution in [3.63, 3.8) is 0 Å². The average molecular weight is 618 g/mol. The number of fused-ring (bicyclic) bond motifs is 1. The molecule has 4 rings (SSSR count). The number of hydrogen-bond donors (Lipinski definition) is 4. The minimum absolute atomic E-state index is 0.00279. The van der Waals surface area contributed by atoms with E-state index in [9.17, 15) is 29.1 Å². The maximum Gasteiger partial charge on any atom is 0.309 e.